The van der Waals surface area contributed by atoms with Gasteiger partial charge in [0, 0.05) is 6.20 Å². The van der Waals surface area contributed by atoms with Crippen molar-refractivity contribution in [1.82, 2.24) is 19.7 Å². The second-order valence-corrected chi connectivity index (χ2v) is 4.55. The Balaban J connectivity index is 1.96. The molecule has 0 unspecified atom stereocenters. The highest BCUT2D eigenvalue weighted by Gasteiger charge is 2.15. The molecule has 0 saturated heterocycles. The number of hydrogen-bond donors (Lipinski definition) is 1. The first-order chi connectivity index (χ1) is 11.1. The third kappa shape index (κ3) is 2.76. The van der Waals surface area contributed by atoms with Crippen molar-refractivity contribution < 1.29 is 13.7 Å². The number of aromatic nitrogens is 4. The molecule has 0 fully saturated rings. The largest absolute Gasteiger partial charge is 0.496 e. The van der Waals surface area contributed by atoms with Crippen LogP contribution in [-0.4, -0.2) is 26.8 Å². The first-order valence-corrected chi connectivity index (χ1v) is 6.54. The van der Waals surface area contributed by atoms with Gasteiger partial charge in [-0.25, -0.2) is 9.36 Å². The van der Waals surface area contributed by atoms with Crippen molar-refractivity contribution in [2.24, 2.45) is 0 Å². The number of para-hydroxylation sites is 1. The van der Waals surface area contributed by atoms with Crippen LogP contribution in [0.2, 0.25) is 0 Å². The van der Waals surface area contributed by atoms with Crippen LogP contribution in [0.1, 0.15) is 5.89 Å². The Labute approximate surface area is 128 Å². The fourth-order valence-corrected chi connectivity index (χ4v) is 2.02. The lowest BCUT2D eigenvalue weighted by Gasteiger charge is -2.03. The number of ether oxygens (including phenoxy) is 1. The molecule has 0 saturated carbocycles. The van der Waals surface area contributed by atoms with Crippen molar-refractivity contribution in [3.63, 3.8) is 0 Å². The fraction of sp³-hybridized carbons (Fsp3) is 0.143. The highest BCUT2D eigenvalue weighted by molar-refractivity contribution is 5.63. The zero-order valence-electron chi connectivity index (χ0n) is 11.9. The first kappa shape index (κ1) is 14.7. The SMILES string of the molecule is COc1ccccc1-c1noc(Cn2c(=O)[nH]cc(F)c2=O)n1. The van der Waals surface area contributed by atoms with Gasteiger partial charge in [0.15, 0.2) is 0 Å². The maximum Gasteiger partial charge on any atom is 0.328 e. The molecule has 0 atom stereocenters. The van der Waals surface area contributed by atoms with Gasteiger partial charge in [-0.05, 0) is 12.1 Å². The van der Waals surface area contributed by atoms with Gasteiger partial charge in [-0.3, -0.25) is 4.79 Å². The summed E-state index contributed by atoms with van der Waals surface area (Å²) in [7, 11) is 1.51. The van der Waals surface area contributed by atoms with Crippen molar-refractivity contribution in [2.75, 3.05) is 7.11 Å². The number of benzene rings is 1. The minimum absolute atomic E-state index is 0.0101. The molecule has 3 aromatic rings. The Bertz CT molecular complexity index is 960. The lowest BCUT2D eigenvalue weighted by Crippen LogP contribution is -2.36. The minimum Gasteiger partial charge on any atom is -0.496 e. The maximum absolute atomic E-state index is 13.2. The molecule has 2 aromatic heterocycles. The number of hydrogen-bond acceptors (Lipinski definition) is 6. The number of nitrogens with zero attached hydrogens (tertiary/aromatic N) is 3. The first-order valence-electron chi connectivity index (χ1n) is 6.54. The van der Waals surface area contributed by atoms with Crippen molar-refractivity contribution >= 4 is 0 Å². The quantitative estimate of drug-likeness (QED) is 0.762. The number of H-pyrrole nitrogens is 1. The summed E-state index contributed by atoms with van der Waals surface area (Å²) in [6.07, 6.45) is 0.704. The van der Waals surface area contributed by atoms with Gasteiger partial charge in [0.05, 0.1) is 12.7 Å². The normalized spacial score (nSPS) is 10.7. The summed E-state index contributed by atoms with van der Waals surface area (Å²) >= 11 is 0. The lowest BCUT2D eigenvalue weighted by atomic mass is 10.2. The van der Waals surface area contributed by atoms with Gasteiger partial charge in [0.25, 0.3) is 5.56 Å². The van der Waals surface area contributed by atoms with E-state index < -0.39 is 17.1 Å². The Morgan fingerprint density at radius 3 is 2.91 bits per heavy atom. The average Bonchev–Trinajstić information content (AvgIpc) is 3.03. The van der Waals surface area contributed by atoms with Crippen LogP contribution in [0.15, 0.2) is 44.6 Å². The Hall–Kier alpha value is -3.23. The Morgan fingerprint density at radius 1 is 1.35 bits per heavy atom. The smallest absolute Gasteiger partial charge is 0.328 e. The monoisotopic (exact) mass is 318 g/mol. The van der Waals surface area contributed by atoms with Gasteiger partial charge in [-0.2, -0.15) is 9.37 Å². The molecule has 1 N–H and O–H groups in total. The van der Waals surface area contributed by atoms with Crippen molar-refractivity contribution in [3.05, 3.63) is 63.0 Å². The van der Waals surface area contributed by atoms with Crippen LogP contribution >= 0.6 is 0 Å². The molecule has 8 nitrogen and oxygen atoms in total. The number of aromatic amines is 1. The second kappa shape index (κ2) is 5.87. The molecule has 23 heavy (non-hydrogen) atoms. The van der Waals surface area contributed by atoms with Gasteiger partial charge < -0.3 is 14.2 Å². The van der Waals surface area contributed by atoms with Crippen molar-refractivity contribution in [1.29, 1.82) is 0 Å². The molecule has 0 amide bonds. The van der Waals surface area contributed by atoms with Crippen LogP contribution in [-0.2, 0) is 6.54 Å². The lowest BCUT2D eigenvalue weighted by molar-refractivity contribution is 0.365. The number of rotatable bonds is 4. The second-order valence-electron chi connectivity index (χ2n) is 4.55. The Kier molecular flexibility index (Phi) is 3.75. The number of halogens is 1. The zero-order valence-corrected chi connectivity index (χ0v) is 11.9. The van der Waals surface area contributed by atoms with Gasteiger partial charge in [-0.1, -0.05) is 17.3 Å². The molecule has 0 aliphatic heterocycles. The summed E-state index contributed by atoms with van der Waals surface area (Å²) < 4.78 is 24.1. The molecule has 2 heterocycles. The standard InChI is InChI=1S/C14H11FN4O4/c1-22-10-5-3-2-4-8(10)12-17-11(23-18-12)7-19-13(20)9(15)6-16-14(19)21/h2-6H,7H2,1H3,(H,16,21). The van der Waals surface area contributed by atoms with Gasteiger partial charge in [0.2, 0.25) is 17.5 Å². The third-order valence-electron chi connectivity index (χ3n) is 3.13. The van der Waals surface area contributed by atoms with Gasteiger partial charge in [-0.15, -0.1) is 0 Å². The minimum atomic E-state index is -1.07. The molecule has 9 heteroatoms. The van der Waals surface area contributed by atoms with Crippen LogP contribution in [0.4, 0.5) is 4.39 Å². The predicted molar refractivity (Wildman–Crippen MR) is 76.7 cm³/mol. The summed E-state index contributed by atoms with van der Waals surface area (Å²) in [5.41, 5.74) is -1.25. The summed E-state index contributed by atoms with van der Waals surface area (Å²) in [6, 6.07) is 7.02. The number of nitrogens with one attached hydrogen (secondary N) is 1. The van der Waals surface area contributed by atoms with Gasteiger partial charge in [0.1, 0.15) is 12.3 Å². The third-order valence-corrected chi connectivity index (χ3v) is 3.13. The molecule has 3 rings (SSSR count). The van der Waals surface area contributed by atoms with E-state index in [2.05, 4.69) is 15.1 Å². The average molecular weight is 318 g/mol. The molecule has 118 valence electrons. The predicted octanol–water partition coefficient (Wildman–Crippen LogP) is 0.783. The van der Waals surface area contributed by atoms with E-state index in [1.54, 1.807) is 24.3 Å². The fourth-order valence-electron chi connectivity index (χ4n) is 2.02. The molecule has 1 aromatic carbocycles. The van der Waals surface area contributed by atoms with Crippen molar-refractivity contribution in [3.8, 4) is 17.1 Å². The van der Waals surface area contributed by atoms with Crippen molar-refractivity contribution in [2.45, 2.75) is 6.54 Å². The topological polar surface area (TPSA) is 103 Å². The van der Waals surface area contributed by atoms with E-state index >= 15 is 0 Å². The van der Waals surface area contributed by atoms with E-state index in [1.165, 1.54) is 7.11 Å². The van der Waals surface area contributed by atoms with Crippen LogP contribution in [0.25, 0.3) is 11.4 Å². The molecular formula is C14H11FN4O4. The van der Waals surface area contributed by atoms with E-state index in [0.717, 1.165) is 0 Å². The van der Waals surface area contributed by atoms with E-state index in [0.29, 0.717) is 22.1 Å². The highest BCUT2D eigenvalue weighted by Crippen LogP contribution is 2.26. The highest BCUT2D eigenvalue weighted by atomic mass is 19.1. The molecular weight excluding hydrogens is 307 g/mol. The maximum atomic E-state index is 13.2. The summed E-state index contributed by atoms with van der Waals surface area (Å²) in [5.74, 6) is -0.308. The zero-order chi connectivity index (χ0) is 16.4. The van der Waals surface area contributed by atoms with Crippen LogP contribution < -0.4 is 16.0 Å². The van der Waals surface area contributed by atoms with Crippen LogP contribution in [0.5, 0.6) is 5.75 Å². The van der Waals surface area contributed by atoms with E-state index in [-0.39, 0.29) is 18.3 Å². The molecule has 0 bridgehead atoms. The summed E-state index contributed by atoms with van der Waals surface area (Å²) in [6.45, 7) is -0.339. The van der Waals surface area contributed by atoms with Crippen LogP contribution in [0.3, 0.4) is 0 Å². The van der Waals surface area contributed by atoms with E-state index in [1.807, 2.05) is 0 Å². The van der Waals surface area contributed by atoms with E-state index in [4.69, 9.17) is 9.26 Å². The van der Waals surface area contributed by atoms with Gasteiger partial charge >= 0.3 is 5.69 Å². The molecule has 0 aliphatic rings. The summed E-state index contributed by atoms with van der Waals surface area (Å²) in [4.78, 5) is 29.4. The summed E-state index contributed by atoms with van der Waals surface area (Å²) in [5, 5.41) is 3.79. The number of methoxy groups -OCH3 is 1. The molecule has 0 radical (unpaired) electrons. The van der Waals surface area contributed by atoms with Crippen LogP contribution in [0, 0.1) is 5.82 Å². The Morgan fingerprint density at radius 2 is 2.13 bits per heavy atom. The van der Waals surface area contributed by atoms with E-state index in [9.17, 15) is 14.0 Å². The molecule has 0 aliphatic carbocycles. The molecule has 0 spiro atoms.